The highest BCUT2D eigenvalue weighted by atomic mass is 35.5. The number of aliphatic imine (C=N–C) groups is 1. The first-order chi connectivity index (χ1) is 9.10. The lowest BCUT2D eigenvalue weighted by Gasteiger charge is -2.17. The number of carbonyl (C=O) groups is 1. The lowest BCUT2D eigenvalue weighted by atomic mass is 10.0. The molecule has 0 saturated heterocycles. The summed E-state index contributed by atoms with van der Waals surface area (Å²) in [4.78, 5) is 16.4. The molecule has 2 rings (SSSR count). The smallest absolute Gasteiger partial charge is 0.275 e. The van der Waals surface area contributed by atoms with Gasteiger partial charge in [0.15, 0.2) is 5.17 Å². The average Bonchev–Trinajstić information content (AvgIpc) is 2.42. The summed E-state index contributed by atoms with van der Waals surface area (Å²) in [5.41, 5.74) is 1.09. The summed E-state index contributed by atoms with van der Waals surface area (Å²) >= 11 is 7.50. The van der Waals surface area contributed by atoms with Crippen LogP contribution in [0.1, 0.15) is 13.3 Å². The molecule has 1 aliphatic heterocycles. The third-order valence-electron chi connectivity index (χ3n) is 2.85. The van der Waals surface area contributed by atoms with E-state index in [4.69, 9.17) is 11.6 Å². The predicted molar refractivity (Wildman–Crippen MR) is 81.0 cm³/mol. The van der Waals surface area contributed by atoms with Crippen LogP contribution in [0.5, 0.6) is 0 Å². The van der Waals surface area contributed by atoms with Gasteiger partial charge in [-0.15, -0.1) is 0 Å². The van der Waals surface area contributed by atoms with Crippen LogP contribution in [0.15, 0.2) is 39.6 Å². The fourth-order valence-electron chi connectivity index (χ4n) is 1.74. The number of halogens is 1. The van der Waals surface area contributed by atoms with Gasteiger partial charge in [0.2, 0.25) is 0 Å². The van der Waals surface area contributed by atoms with E-state index in [1.807, 2.05) is 18.4 Å². The van der Waals surface area contributed by atoms with Crippen LogP contribution in [0.3, 0.4) is 0 Å². The van der Waals surface area contributed by atoms with Crippen molar-refractivity contribution in [2.75, 3.05) is 12.8 Å². The molecule has 1 atom stereocenters. The zero-order valence-electron chi connectivity index (χ0n) is 10.9. The van der Waals surface area contributed by atoms with E-state index in [2.05, 4.69) is 28.6 Å². The molecule has 6 heteroatoms. The maximum atomic E-state index is 12.1. The molecule has 0 aromatic carbocycles. The van der Waals surface area contributed by atoms with E-state index in [9.17, 15) is 4.79 Å². The molecule has 0 bridgehead atoms. The normalized spacial score (nSPS) is 22.6. The molecule has 4 nitrogen and oxygen atoms in total. The first kappa shape index (κ1) is 14.2. The number of hydrogen-bond donors (Lipinski definition) is 2. The van der Waals surface area contributed by atoms with Gasteiger partial charge in [0.25, 0.3) is 5.91 Å². The third kappa shape index (κ3) is 3.64. The number of amidine groups is 1. The summed E-state index contributed by atoms with van der Waals surface area (Å²) in [7, 11) is 0. The van der Waals surface area contributed by atoms with Crippen molar-refractivity contribution >= 4 is 34.4 Å². The van der Waals surface area contributed by atoms with E-state index in [1.54, 1.807) is 0 Å². The standard InChI is InChI=1S/C13H16ClN3OS/c1-8-3-5-9(6-4-8)16-12(18)11-10(14)7-15-13(17-11)19-2/h3,5-6,8H,4,7H2,1-2H3,(H,15,17)(H,16,18). The minimum absolute atomic E-state index is 0.261. The first-order valence-corrected chi connectivity index (χ1v) is 7.65. The van der Waals surface area contributed by atoms with Gasteiger partial charge in [0.1, 0.15) is 5.70 Å². The van der Waals surface area contributed by atoms with Gasteiger partial charge in [-0.3, -0.25) is 4.79 Å². The maximum Gasteiger partial charge on any atom is 0.275 e. The third-order valence-corrected chi connectivity index (χ3v) is 3.78. The van der Waals surface area contributed by atoms with Crippen LogP contribution in [0.25, 0.3) is 0 Å². The maximum absolute atomic E-state index is 12.1. The molecule has 2 aliphatic rings. The molecule has 1 aliphatic carbocycles. The van der Waals surface area contributed by atoms with E-state index in [1.165, 1.54) is 11.8 Å². The first-order valence-electron chi connectivity index (χ1n) is 6.05. The van der Waals surface area contributed by atoms with Crippen molar-refractivity contribution in [1.29, 1.82) is 0 Å². The van der Waals surface area contributed by atoms with Gasteiger partial charge in [-0.1, -0.05) is 42.4 Å². The molecule has 0 radical (unpaired) electrons. The molecular formula is C13H16ClN3OS. The van der Waals surface area contributed by atoms with Gasteiger partial charge in [-0.05, 0) is 24.7 Å². The molecule has 1 amide bonds. The Morgan fingerprint density at radius 2 is 2.42 bits per heavy atom. The Labute approximate surface area is 122 Å². The minimum Gasteiger partial charge on any atom is -0.360 e. The van der Waals surface area contributed by atoms with E-state index in [0.717, 1.165) is 12.1 Å². The predicted octanol–water partition coefficient (Wildman–Crippen LogP) is 2.36. The van der Waals surface area contributed by atoms with Crippen molar-refractivity contribution in [1.82, 2.24) is 10.6 Å². The van der Waals surface area contributed by atoms with E-state index < -0.39 is 0 Å². The van der Waals surface area contributed by atoms with Crippen molar-refractivity contribution in [2.24, 2.45) is 10.9 Å². The topological polar surface area (TPSA) is 53.5 Å². The Morgan fingerprint density at radius 1 is 1.63 bits per heavy atom. The van der Waals surface area contributed by atoms with Crippen LogP contribution in [0.2, 0.25) is 0 Å². The van der Waals surface area contributed by atoms with Crippen LogP contribution in [-0.2, 0) is 4.79 Å². The molecule has 0 saturated carbocycles. The number of allylic oxidation sites excluding steroid dienone is 3. The molecule has 19 heavy (non-hydrogen) atoms. The van der Waals surface area contributed by atoms with Crippen LogP contribution >= 0.6 is 23.4 Å². The van der Waals surface area contributed by atoms with Crippen molar-refractivity contribution in [3.05, 3.63) is 34.7 Å². The molecule has 1 heterocycles. The average molecular weight is 298 g/mol. The van der Waals surface area contributed by atoms with Crippen molar-refractivity contribution in [3.63, 3.8) is 0 Å². The minimum atomic E-state index is -0.261. The molecule has 0 fully saturated rings. The second kappa shape index (κ2) is 6.30. The van der Waals surface area contributed by atoms with Gasteiger partial charge in [-0.25, -0.2) is 4.99 Å². The largest absolute Gasteiger partial charge is 0.360 e. The van der Waals surface area contributed by atoms with Gasteiger partial charge in [0, 0.05) is 5.70 Å². The van der Waals surface area contributed by atoms with E-state index >= 15 is 0 Å². The molecule has 102 valence electrons. The summed E-state index contributed by atoms with van der Waals surface area (Å²) < 4.78 is 0. The van der Waals surface area contributed by atoms with Gasteiger partial charge < -0.3 is 10.6 Å². The summed E-state index contributed by atoms with van der Waals surface area (Å²) in [5, 5.41) is 7.00. The zero-order chi connectivity index (χ0) is 13.8. The van der Waals surface area contributed by atoms with Crippen LogP contribution in [0.4, 0.5) is 0 Å². The quantitative estimate of drug-likeness (QED) is 0.823. The van der Waals surface area contributed by atoms with E-state index in [0.29, 0.717) is 22.7 Å². The van der Waals surface area contributed by atoms with Crippen molar-refractivity contribution < 1.29 is 4.79 Å². The number of thioether (sulfide) groups is 1. The summed E-state index contributed by atoms with van der Waals surface area (Å²) in [6, 6.07) is 0. The number of carbonyl (C=O) groups excluding carboxylic acids is 1. The lowest BCUT2D eigenvalue weighted by molar-refractivity contribution is -0.116. The Morgan fingerprint density at radius 3 is 3.05 bits per heavy atom. The van der Waals surface area contributed by atoms with Crippen molar-refractivity contribution in [3.8, 4) is 0 Å². The van der Waals surface area contributed by atoms with E-state index in [-0.39, 0.29) is 11.6 Å². The fourth-order valence-corrected chi connectivity index (χ4v) is 2.33. The molecule has 0 aromatic heterocycles. The summed E-state index contributed by atoms with van der Waals surface area (Å²) in [6.45, 7) is 2.57. The molecule has 0 spiro atoms. The lowest BCUT2D eigenvalue weighted by Crippen LogP contribution is -2.32. The van der Waals surface area contributed by atoms with Crippen LogP contribution in [0, 0.1) is 5.92 Å². The summed E-state index contributed by atoms with van der Waals surface area (Å²) in [6.07, 6.45) is 8.83. The monoisotopic (exact) mass is 297 g/mol. The fraction of sp³-hybridized carbons (Fsp3) is 0.385. The molecule has 2 N–H and O–H groups in total. The molecular weight excluding hydrogens is 282 g/mol. The number of amides is 1. The molecule has 0 aromatic rings. The zero-order valence-corrected chi connectivity index (χ0v) is 12.4. The number of nitrogens with one attached hydrogen (secondary N) is 2. The number of nitrogens with zero attached hydrogens (tertiary/aromatic N) is 1. The van der Waals surface area contributed by atoms with Gasteiger partial charge in [0.05, 0.1) is 11.6 Å². The van der Waals surface area contributed by atoms with Gasteiger partial charge in [-0.2, -0.15) is 0 Å². The Balaban J connectivity index is 2.08. The Bertz CT molecular complexity index is 508. The second-order valence-electron chi connectivity index (χ2n) is 4.41. The highest BCUT2D eigenvalue weighted by Crippen LogP contribution is 2.19. The number of hydrogen-bond acceptors (Lipinski definition) is 4. The van der Waals surface area contributed by atoms with Gasteiger partial charge >= 0.3 is 0 Å². The SMILES string of the molecule is CSC1=NC(C(=O)NC2=CCC(C)C=C2)=C(Cl)CN1. The number of rotatable bonds is 2. The molecule has 1 unspecified atom stereocenters. The van der Waals surface area contributed by atoms with Crippen LogP contribution in [-0.4, -0.2) is 23.9 Å². The Hall–Kier alpha value is -1.20. The van der Waals surface area contributed by atoms with Crippen LogP contribution < -0.4 is 10.6 Å². The summed E-state index contributed by atoms with van der Waals surface area (Å²) in [5.74, 6) is 0.256. The highest BCUT2D eigenvalue weighted by molar-refractivity contribution is 8.13. The van der Waals surface area contributed by atoms with Crippen molar-refractivity contribution in [2.45, 2.75) is 13.3 Å². The Kier molecular flexibility index (Phi) is 4.71. The second-order valence-corrected chi connectivity index (χ2v) is 5.67. The highest BCUT2D eigenvalue weighted by Gasteiger charge is 2.19.